The number of aromatic nitrogens is 2. The molecular weight excluding hydrogens is 346 g/mol. The zero-order valence-corrected chi connectivity index (χ0v) is 16.2. The lowest BCUT2D eigenvalue weighted by molar-refractivity contribution is -0.131. The largest absolute Gasteiger partial charge is 0.461 e. The van der Waals surface area contributed by atoms with Gasteiger partial charge in [0.05, 0.1) is 13.2 Å². The molecule has 1 amide bonds. The molecule has 0 radical (unpaired) electrons. The van der Waals surface area contributed by atoms with Gasteiger partial charge in [-0.3, -0.25) is 14.6 Å². The van der Waals surface area contributed by atoms with Crippen molar-refractivity contribution in [2.24, 2.45) is 0 Å². The van der Waals surface area contributed by atoms with Crippen LogP contribution in [-0.4, -0.2) is 45.7 Å². The minimum absolute atomic E-state index is 0.0661. The number of pyridine rings is 1. The third kappa shape index (κ3) is 4.81. The molecule has 0 unspecified atom stereocenters. The van der Waals surface area contributed by atoms with Crippen LogP contribution in [0.15, 0.2) is 24.5 Å². The summed E-state index contributed by atoms with van der Waals surface area (Å²) in [4.78, 5) is 45.8. The number of carbonyl (C=O) groups is 3. The lowest BCUT2D eigenvalue weighted by atomic mass is 10.0. The Morgan fingerprint density at radius 1 is 1.22 bits per heavy atom. The van der Waals surface area contributed by atoms with E-state index in [2.05, 4.69) is 9.97 Å². The van der Waals surface area contributed by atoms with Gasteiger partial charge in [-0.15, -0.1) is 0 Å². The molecule has 0 aliphatic heterocycles. The number of nitrogens with zero attached hydrogens (tertiary/aromatic N) is 2. The molecular formula is C20H25N3O4. The molecule has 0 bridgehead atoms. The Morgan fingerprint density at radius 2 is 1.96 bits per heavy atom. The summed E-state index contributed by atoms with van der Waals surface area (Å²) in [5.74, 6) is -0.833. The number of ketones is 1. The number of ether oxygens (including phenoxy) is 1. The van der Waals surface area contributed by atoms with Gasteiger partial charge in [0.15, 0.2) is 5.78 Å². The second kappa shape index (κ2) is 9.12. The molecule has 2 aromatic rings. The van der Waals surface area contributed by atoms with Crippen molar-refractivity contribution in [1.82, 2.24) is 14.9 Å². The van der Waals surface area contributed by atoms with Crippen molar-refractivity contribution in [2.75, 3.05) is 13.2 Å². The SMILES string of the molecule is CCOC(=O)c1[nH]c(C)c(C(=O)CN(Cc2cccnc2)C(=O)CC)c1C. The molecule has 2 rings (SSSR count). The second-order valence-electron chi connectivity index (χ2n) is 6.23. The molecule has 2 aromatic heterocycles. The van der Waals surface area contributed by atoms with E-state index in [-0.39, 0.29) is 30.5 Å². The Morgan fingerprint density at radius 3 is 2.56 bits per heavy atom. The number of aryl methyl sites for hydroxylation is 1. The molecule has 0 saturated carbocycles. The summed E-state index contributed by atoms with van der Waals surface area (Å²) in [7, 11) is 0. The minimum Gasteiger partial charge on any atom is -0.461 e. The van der Waals surface area contributed by atoms with Crippen molar-refractivity contribution < 1.29 is 19.1 Å². The van der Waals surface area contributed by atoms with Crippen molar-refractivity contribution in [1.29, 1.82) is 0 Å². The Hall–Kier alpha value is -2.96. The normalized spacial score (nSPS) is 10.5. The van der Waals surface area contributed by atoms with Crippen LogP contribution in [0.2, 0.25) is 0 Å². The highest BCUT2D eigenvalue weighted by molar-refractivity contribution is 6.04. The molecule has 0 aliphatic carbocycles. The summed E-state index contributed by atoms with van der Waals surface area (Å²) in [6.07, 6.45) is 3.63. The van der Waals surface area contributed by atoms with E-state index in [4.69, 9.17) is 4.74 Å². The Kier molecular flexibility index (Phi) is 6.87. The average Bonchev–Trinajstić information content (AvgIpc) is 2.96. The number of Topliss-reactive ketones (excluding diaryl/α,β-unsaturated/α-hetero) is 1. The number of hydrogen-bond acceptors (Lipinski definition) is 5. The topological polar surface area (TPSA) is 92.4 Å². The van der Waals surface area contributed by atoms with Crippen LogP contribution in [0.25, 0.3) is 0 Å². The van der Waals surface area contributed by atoms with Gasteiger partial charge < -0.3 is 14.6 Å². The summed E-state index contributed by atoms with van der Waals surface area (Å²) in [6.45, 7) is 7.41. The van der Waals surface area contributed by atoms with Crippen molar-refractivity contribution >= 4 is 17.7 Å². The van der Waals surface area contributed by atoms with Crippen LogP contribution >= 0.6 is 0 Å². The molecule has 0 spiro atoms. The van der Waals surface area contributed by atoms with E-state index in [1.54, 1.807) is 46.2 Å². The van der Waals surface area contributed by atoms with Crippen LogP contribution in [0.1, 0.15) is 57.9 Å². The van der Waals surface area contributed by atoms with Crippen LogP contribution in [0.5, 0.6) is 0 Å². The third-order valence-electron chi connectivity index (χ3n) is 4.28. The first-order chi connectivity index (χ1) is 12.9. The van der Waals surface area contributed by atoms with Crippen LogP contribution in [-0.2, 0) is 16.1 Å². The van der Waals surface area contributed by atoms with E-state index in [1.165, 1.54) is 4.90 Å². The van der Waals surface area contributed by atoms with Gasteiger partial charge in [0.1, 0.15) is 5.69 Å². The number of esters is 1. The highest BCUT2D eigenvalue weighted by Crippen LogP contribution is 2.20. The molecule has 2 heterocycles. The third-order valence-corrected chi connectivity index (χ3v) is 4.28. The fourth-order valence-electron chi connectivity index (χ4n) is 3.00. The molecule has 0 saturated heterocycles. The van der Waals surface area contributed by atoms with Crippen molar-refractivity contribution in [2.45, 2.75) is 40.7 Å². The Bertz CT molecular complexity index is 827. The predicted molar refractivity (Wildman–Crippen MR) is 100 cm³/mol. The van der Waals surface area contributed by atoms with Crippen LogP contribution in [0, 0.1) is 13.8 Å². The zero-order chi connectivity index (χ0) is 20.0. The molecule has 7 heteroatoms. The van der Waals surface area contributed by atoms with Crippen molar-refractivity contribution in [3.8, 4) is 0 Å². The molecule has 27 heavy (non-hydrogen) atoms. The lowest BCUT2D eigenvalue weighted by Gasteiger charge is -2.21. The van der Waals surface area contributed by atoms with Gasteiger partial charge in [-0.05, 0) is 38.0 Å². The van der Waals surface area contributed by atoms with Crippen LogP contribution in [0.4, 0.5) is 0 Å². The van der Waals surface area contributed by atoms with Crippen LogP contribution in [0.3, 0.4) is 0 Å². The molecule has 0 fully saturated rings. The maximum atomic E-state index is 12.9. The number of nitrogens with one attached hydrogen (secondary N) is 1. The highest BCUT2D eigenvalue weighted by atomic mass is 16.5. The number of hydrogen-bond donors (Lipinski definition) is 1. The fraction of sp³-hybridized carbons (Fsp3) is 0.400. The van der Waals surface area contributed by atoms with Gasteiger partial charge in [-0.25, -0.2) is 4.79 Å². The van der Waals surface area contributed by atoms with E-state index >= 15 is 0 Å². The molecule has 0 aliphatic rings. The van der Waals surface area contributed by atoms with Crippen molar-refractivity contribution in [3.63, 3.8) is 0 Å². The van der Waals surface area contributed by atoms with Gasteiger partial charge in [0, 0.05) is 36.6 Å². The minimum atomic E-state index is -0.492. The first-order valence-corrected chi connectivity index (χ1v) is 8.95. The number of carbonyl (C=O) groups excluding carboxylic acids is 3. The summed E-state index contributed by atoms with van der Waals surface area (Å²) in [5, 5.41) is 0. The van der Waals surface area contributed by atoms with Gasteiger partial charge in [-0.1, -0.05) is 13.0 Å². The first-order valence-electron chi connectivity index (χ1n) is 8.95. The van der Waals surface area contributed by atoms with Crippen LogP contribution < -0.4 is 0 Å². The second-order valence-corrected chi connectivity index (χ2v) is 6.23. The molecule has 7 nitrogen and oxygen atoms in total. The average molecular weight is 371 g/mol. The molecule has 0 atom stereocenters. The maximum Gasteiger partial charge on any atom is 0.355 e. The van der Waals surface area contributed by atoms with E-state index in [1.807, 2.05) is 6.07 Å². The maximum absolute atomic E-state index is 12.9. The summed E-state index contributed by atoms with van der Waals surface area (Å²) in [5.41, 5.74) is 2.69. The van der Waals surface area contributed by atoms with E-state index in [0.29, 0.717) is 29.8 Å². The van der Waals surface area contributed by atoms with E-state index in [9.17, 15) is 14.4 Å². The molecule has 144 valence electrons. The standard InChI is InChI=1S/C20H25N3O4/c1-5-17(25)23(11-15-8-7-9-21-10-15)12-16(24)18-13(3)19(22-14(18)4)20(26)27-6-2/h7-10,22H,5-6,11-12H2,1-4H3. The van der Waals surface area contributed by atoms with Gasteiger partial charge >= 0.3 is 5.97 Å². The number of H-pyrrole nitrogens is 1. The summed E-state index contributed by atoms with van der Waals surface area (Å²) < 4.78 is 5.02. The van der Waals surface area contributed by atoms with E-state index in [0.717, 1.165) is 5.56 Å². The Labute approximate surface area is 158 Å². The van der Waals surface area contributed by atoms with Gasteiger partial charge in [-0.2, -0.15) is 0 Å². The van der Waals surface area contributed by atoms with Gasteiger partial charge in [0.25, 0.3) is 0 Å². The van der Waals surface area contributed by atoms with E-state index < -0.39 is 5.97 Å². The molecule has 0 aromatic carbocycles. The Balaban J connectivity index is 2.25. The monoisotopic (exact) mass is 371 g/mol. The van der Waals surface area contributed by atoms with Crippen molar-refractivity contribution in [3.05, 3.63) is 52.6 Å². The first kappa shape index (κ1) is 20.4. The lowest BCUT2D eigenvalue weighted by Crippen LogP contribution is -2.35. The van der Waals surface area contributed by atoms with Gasteiger partial charge in [0.2, 0.25) is 5.91 Å². The number of rotatable bonds is 8. The zero-order valence-electron chi connectivity index (χ0n) is 16.2. The molecule has 1 N–H and O–H groups in total. The quantitative estimate of drug-likeness (QED) is 0.569. The highest BCUT2D eigenvalue weighted by Gasteiger charge is 2.25. The summed E-state index contributed by atoms with van der Waals surface area (Å²) in [6, 6.07) is 3.65. The predicted octanol–water partition coefficient (Wildman–Crippen LogP) is 2.82. The number of amides is 1. The smallest absolute Gasteiger partial charge is 0.355 e. The number of aromatic amines is 1. The fourth-order valence-corrected chi connectivity index (χ4v) is 3.00. The summed E-state index contributed by atoms with van der Waals surface area (Å²) >= 11 is 0.